The molecule has 154 valence electrons. The fraction of sp³-hybridized carbons (Fsp3) is 0.280. The van der Waals surface area contributed by atoms with Crippen molar-refractivity contribution >= 4 is 17.3 Å². The molecule has 1 aromatic heterocycles. The maximum absolute atomic E-state index is 13.3. The van der Waals surface area contributed by atoms with Crippen molar-refractivity contribution in [2.24, 2.45) is 0 Å². The van der Waals surface area contributed by atoms with Gasteiger partial charge in [-0.1, -0.05) is 30.3 Å². The van der Waals surface area contributed by atoms with Gasteiger partial charge in [0.2, 0.25) is 0 Å². The molecule has 5 nitrogen and oxygen atoms in total. The van der Waals surface area contributed by atoms with E-state index in [0.29, 0.717) is 0 Å². The van der Waals surface area contributed by atoms with Gasteiger partial charge >= 0.3 is 0 Å². The van der Waals surface area contributed by atoms with Crippen LogP contribution in [0.25, 0.3) is 0 Å². The summed E-state index contributed by atoms with van der Waals surface area (Å²) in [4.78, 5) is 21.8. The number of carbonyl (C=O) groups excluding carboxylic acids is 1. The van der Waals surface area contributed by atoms with Gasteiger partial charge in [0, 0.05) is 50.8 Å². The van der Waals surface area contributed by atoms with Crippen molar-refractivity contribution in [3.8, 4) is 0 Å². The molecule has 0 radical (unpaired) electrons. The lowest BCUT2D eigenvalue weighted by molar-refractivity contribution is 0.0629. The number of rotatable bonds is 5. The first kappa shape index (κ1) is 20.1. The number of aryl methyl sites for hydroxylation is 1. The summed E-state index contributed by atoms with van der Waals surface area (Å²) in [6.07, 6.45) is 3.70. The Morgan fingerprint density at radius 3 is 2.47 bits per heavy atom. The quantitative estimate of drug-likeness (QED) is 0.690. The number of pyridine rings is 1. The summed E-state index contributed by atoms with van der Waals surface area (Å²) in [7, 11) is 0. The Morgan fingerprint density at radius 2 is 1.70 bits per heavy atom. The monoisotopic (exact) mass is 400 g/mol. The summed E-state index contributed by atoms with van der Waals surface area (Å²) in [5, 5.41) is 3.48. The van der Waals surface area contributed by atoms with Crippen molar-refractivity contribution in [3.05, 3.63) is 89.2 Å². The van der Waals surface area contributed by atoms with Crippen molar-refractivity contribution < 1.29 is 4.79 Å². The zero-order valence-electron chi connectivity index (χ0n) is 17.6. The lowest BCUT2D eigenvalue weighted by Gasteiger charge is -2.35. The molecule has 0 aliphatic carbocycles. The maximum Gasteiger partial charge on any atom is 0.256 e. The molecule has 4 rings (SSSR count). The number of nitrogens with one attached hydrogen (secondary N) is 1. The number of carbonyl (C=O) groups is 1. The van der Waals surface area contributed by atoms with E-state index in [4.69, 9.17) is 0 Å². The molecule has 5 heteroatoms. The number of aromatic nitrogens is 1. The number of hydrogen-bond acceptors (Lipinski definition) is 4. The van der Waals surface area contributed by atoms with E-state index in [1.165, 1.54) is 16.7 Å². The van der Waals surface area contributed by atoms with Crippen LogP contribution in [0.1, 0.15) is 27.0 Å². The Morgan fingerprint density at radius 1 is 0.933 bits per heavy atom. The Balaban J connectivity index is 1.44. The maximum atomic E-state index is 13.3. The lowest BCUT2D eigenvalue weighted by atomic mass is 10.1. The zero-order valence-corrected chi connectivity index (χ0v) is 17.6. The van der Waals surface area contributed by atoms with Crippen LogP contribution in [0.4, 0.5) is 11.4 Å². The van der Waals surface area contributed by atoms with Gasteiger partial charge in [-0.25, -0.2) is 0 Å². The molecule has 0 atom stereocenters. The Hall–Kier alpha value is -3.18. The van der Waals surface area contributed by atoms with Crippen LogP contribution in [0.5, 0.6) is 0 Å². The smallest absolute Gasteiger partial charge is 0.256 e. The van der Waals surface area contributed by atoms with Gasteiger partial charge in [-0.05, 0) is 54.8 Å². The minimum atomic E-state index is 0.0874. The largest absolute Gasteiger partial charge is 0.355 e. The first-order valence-electron chi connectivity index (χ1n) is 10.4. The summed E-state index contributed by atoms with van der Waals surface area (Å²) in [6.45, 7) is 8.28. The van der Waals surface area contributed by atoms with Crippen molar-refractivity contribution in [3.63, 3.8) is 0 Å². The number of hydrogen-bond donors (Lipinski definition) is 1. The van der Waals surface area contributed by atoms with Gasteiger partial charge in [0.25, 0.3) is 5.91 Å². The molecule has 2 aromatic carbocycles. The van der Waals surface area contributed by atoms with E-state index in [-0.39, 0.29) is 5.91 Å². The number of anilines is 2. The van der Waals surface area contributed by atoms with E-state index in [0.717, 1.165) is 49.7 Å². The molecule has 1 aliphatic rings. The molecule has 3 aromatic rings. The van der Waals surface area contributed by atoms with Crippen LogP contribution < -0.4 is 5.32 Å². The molecular formula is C25H28N4O. The van der Waals surface area contributed by atoms with Crippen LogP contribution in [-0.4, -0.2) is 46.9 Å². The van der Waals surface area contributed by atoms with Crippen LogP contribution >= 0.6 is 0 Å². The minimum Gasteiger partial charge on any atom is -0.355 e. The van der Waals surface area contributed by atoms with Gasteiger partial charge in [0.1, 0.15) is 0 Å². The number of amides is 1. The highest BCUT2D eigenvalue weighted by molar-refractivity contribution is 6.00. The third-order valence-corrected chi connectivity index (χ3v) is 5.82. The molecule has 1 amide bonds. The van der Waals surface area contributed by atoms with E-state index in [1.807, 2.05) is 47.5 Å². The molecule has 30 heavy (non-hydrogen) atoms. The molecule has 0 unspecified atom stereocenters. The number of nitrogens with zero attached hydrogens (tertiary/aromatic N) is 3. The molecule has 1 saturated heterocycles. The van der Waals surface area contributed by atoms with Crippen molar-refractivity contribution in [1.82, 2.24) is 14.8 Å². The molecule has 2 heterocycles. The van der Waals surface area contributed by atoms with Crippen LogP contribution in [0, 0.1) is 13.8 Å². The van der Waals surface area contributed by atoms with Crippen molar-refractivity contribution in [1.29, 1.82) is 0 Å². The van der Waals surface area contributed by atoms with Crippen molar-refractivity contribution in [2.45, 2.75) is 20.4 Å². The fourth-order valence-corrected chi connectivity index (χ4v) is 3.84. The second kappa shape index (κ2) is 9.09. The second-order valence-electron chi connectivity index (χ2n) is 7.85. The van der Waals surface area contributed by atoms with Crippen LogP contribution in [0.2, 0.25) is 0 Å². The number of benzene rings is 2. The molecule has 0 bridgehead atoms. The van der Waals surface area contributed by atoms with Gasteiger partial charge < -0.3 is 10.2 Å². The third kappa shape index (κ3) is 4.52. The topological polar surface area (TPSA) is 48.5 Å². The summed E-state index contributed by atoms with van der Waals surface area (Å²) in [5.74, 6) is 0.0874. The summed E-state index contributed by atoms with van der Waals surface area (Å²) in [5.41, 5.74) is 6.25. The van der Waals surface area contributed by atoms with Crippen LogP contribution in [0.3, 0.4) is 0 Å². The highest BCUT2D eigenvalue weighted by Crippen LogP contribution is 2.26. The molecule has 1 N–H and O–H groups in total. The van der Waals surface area contributed by atoms with Gasteiger partial charge in [0.15, 0.2) is 0 Å². The molecule has 0 saturated carbocycles. The highest BCUT2D eigenvalue weighted by Gasteiger charge is 2.24. The van der Waals surface area contributed by atoms with E-state index < -0.39 is 0 Å². The molecule has 1 fully saturated rings. The lowest BCUT2D eigenvalue weighted by Crippen LogP contribution is -2.48. The summed E-state index contributed by atoms with van der Waals surface area (Å²) < 4.78 is 0. The average Bonchev–Trinajstić information content (AvgIpc) is 2.78. The van der Waals surface area contributed by atoms with E-state index in [9.17, 15) is 4.79 Å². The van der Waals surface area contributed by atoms with Gasteiger partial charge in [-0.2, -0.15) is 0 Å². The van der Waals surface area contributed by atoms with Gasteiger partial charge in [-0.15, -0.1) is 0 Å². The average molecular weight is 401 g/mol. The predicted octanol–water partition coefficient (Wildman–Crippen LogP) is 4.40. The van der Waals surface area contributed by atoms with E-state index in [2.05, 4.69) is 47.2 Å². The number of para-hydroxylation sites is 1. The Labute approximate surface area is 178 Å². The molecule has 1 aliphatic heterocycles. The first-order chi connectivity index (χ1) is 14.6. The summed E-state index contributed by atoms with van der Waals surface area (Å²) >= 11 is 0. The predicted molar refractivity (Wildman–Crippen MR) is 121 cm³/mol. The fourth-order valence-electron chi connectivity index (χ4n) is 3.84. The molecular weight excluding hydrogens is 372 g/mol. The van der Waals surface area contributed by atoms with Gasteiger partial charge in [0.05, 0.1) is 11.3 Å². The minimum absolute atomic E-state index is 0.0874. The van der Waals surface area contributed by atoms with Crippen LogP contribution in [-0.2, 0) is 6.54 Å². The Bertz CT molecular complexity index is 1010. The van der Waals surface area contributed by atoms with Crippen LogP contribution in [0.15, 0.2) is 67.0 Å². The van der Waals surface area contributed by atoms with E-state index in [1.54, 1.807) is 6.20 Å². The number of piperazine rings is 1. The van der Waals surface area contributed by atoms with Gasteiger partial charge in [-0.3, -0.25) is 14.7 Å². The second-order valence-corrected chi connectivity index (χ2v) is 7.85. The standard InChI is InChI=1S/C25H28N4O/c1-19-7-5-11-23(20(19)2)27-24-10-4-3-9-22(24)25(30)29-15-13-28(14-16-29)18-21-8-6-12-26-17-21/h3-12,17,27H,13-16,18H2,1-2H3. The third-order valence-electron chi connectivity index (χ3n) is 5.82. The summed E-state index contributed by atoms with van der Waals surface area (Å²) in [6, 6.07) is 18.1. The first-order valence-corrected chi connectivity index (χ1v) is 10.4. The Kier molecular flexibility index (Phi) is 6.10. The van der Waals surface area contributed by atoms with E-state index >= 15 is 0 Å². The van der Waals surface area contributed by atoms with Crippen molar-refractivity contribution in [2.75, 3.05) is 31.5 Å². The SMILES string of the molecule is Cc1cccc(Nc2ccccc2C(=O)N2CCN(Cc3cccnc3)CC2)c1C. The highest BCUT2D eigenvalue weighted by atomic mass is 16.2. The molecule has 0 spiro atoms. The zero-order chi connectivity index (χ0) is 20.9. The normalized spacial score (nSPS) is 14.5.